The third-order valence-electron chi connectivity index (χ3n) is 12.7. The summed E-state index contributed by atoms with van der Waals surface area (Å²) in [7, 11) is 0. The zero-order valence-corrected chi connectivity index (χ0v) is 43.8. The molecular weight excluding hydrogens is 877 g/mol. The van der Waals surface area contributed by atoms with Crippen LogP contribution in [-0.2, 0) is 42.9 Å². The predicted octanol–water partition coefficient (Wildman–Crippen LogP) is 13.7. The molecule has 1 aliphatic rings. The minimum atomic E-state index is -1.90. The molecule has 12 nitrogen and oxygen atoms in total. The first kappa shape index (κ1) is 64.0. The first-order chi connectivity index (χ1) is 33.6. The van der Waals surface area contributed by atoms with Crippen molar-refractivity contribution in [3.8, 4) is 0 Å². The van der Waals surface area contributed by atoms with Crippen LogP contribution in [0.4, 0.5) is 0 Å². The van der Waals surface area contributed by atoms with Crippen LogP contribution in [0.25, 0.3) is 0 Å². The molecule has 0 bridgehead atoms. The highest BCUT2D eigenvalue weighted by Gasteiger charge is 2.50. The van der Waals surface area contributed by atoms with Gasteiger partial charge in [0.2, 0.25) is 0 Å². The molecule has 0 amide bonds. The average molecular weight is 977 g/mol. The maximum absolute atomic E-state index is 13.1. The van der Waals surface area contributed by atoms with Crippen molar-refractivity contribution in [2.24, 2.45) is 0 Å². The second kappa shape index (κ2) is 46.0. The van der Waals surface area contributed by atoms with Gasteiger partial charge in [-0.05, 0) is 96.3 Å². The molecule has 0 aromatic carbocycles. The Morgan fingerprint density at radius 3 is 1.23 bits per heavy atom. The van der Waals surface area contributed by atoms with Gasteiger partial charge in [-0.1, -0.05) is 173 Å². The van der Waals surface area contributed by atoms with Crippen LogP contribution in [0.2, 0.25) is 0 Å². The lowest BCUT2D eigenvalue weighted by Crippen LogP contribution is -2.61. The molecule has 1 aliphatic heterocycles. The summed E-state index contributed by atoms with van der Waals surface area (Å²) in [6.45, 7) is 5.92. The lowest BCUT2D eigenvalue weighted by molar-refractivity contribution is -0.301. The molecule has 400 valence electrons. The van der Waals surface area contributed by atoms with Crippen LogP contribution in [0, 0.1) is 0 Å². The van der Waals surface area contributed by atoms with Gasteiger partial charge in [0.15, 0.2) is 24.6 Å². The van der Waals surface area contributed by atoms with E-state index in [9.17, 15) is 34.5 Å². The molecule has 12 heteroatoms. The van der Waals surface area contributed by atoms with Gasteiger partial charge < -0.3 is 39.0 Å². The Labute approximate surface area is 419 Å². The number of aliphatic hydroxyl groups excluding tert-OH is 2. The second-order valence-corrected chi connectivity index (χ2v) is 19.2. The summed E-state index contributed by atoms with van der Waals surface area (Å²) in [5.74, 6) is -3.14. The molecule has 0 saturated carbocycles. The fourth-order valence-corrected chi connectivity index (χ4v) is 8.29. The number of aliphatic carboxylic acids is 1. The molecule has 3 N–H and O–H groups in total. The lowest BCUT2D eigenvalue weighted by Gasteiger charge is -2.40. The molecule has 1 rings (SSSR count). The molecule has 0 aromatic heterocycles. The van der Waals surface area contributed by atoms with E-state index in [1.165, 1.54) is 77.0 Å². The monoisotopic (exact) mass is 977 g/mol. The Hall–Kier alpha value is -3.06. The maximum Gasteiger partial charge on any atom is 0.335 e. The van der Waals surface area contributed by atoms with Crippen molar-refractivity contribution < 1.29 is 58.2 Å². The van der Waals surface area contributed by atoms with Gasteiger partial charge in [0.05, 0.1) is 6.61 Å². The summed E-state index contributed by atoms with van der Waals surface area (Å²) in [6, 6.07) is 0. The van der Waals surface area contributed by atoms with Gasteiger partial charge in [-0.25, -0.2) is 4.79 Å². The minimum absolute atomic E-state index is 0.0507. The van der Waals surface area contributed by atoms with Crippen molar-refractivity contribution in [3.63, 3.8) is 0 Å². The number of carbonyl (C=O) groups excluding carboxylic acids is 3. The number of aliphatic hydroxyl groups is 2. The molecular formula is C57H100O12. The van der Waals surface area contributed by atoms with Crippen molar-refractivity contribution in [1.82, 2.24) is 0 Å². The van der Waals surface area contributed by atoms with E-state index in [0.717, 1.165) is 116 Å². The highest BCUT2D eigenvalue weighted by atomic mass is 16.7. The average Bonchev–Trinajstić information content (AvgIpc) is 3.33. The van der Waals surface area contributed by atoms with E-state index in [1.807, 2.05) is 0 Å². The zero-order valence-electron chi connectivity index (χ0n) is 43.8. The lowest BCUT2D eigenvalue weighted by atomic mass is 9.98. The molecule has 0 aliphatic carbocycles. The van der Waals surface area contributed by atoms with E-state index < -0.39 is 67.3 Å². The first-order valence-electron chi connectivity index (χ1n) is 28.0. The van der Waals surface area contributed by atoms with Gasteiger partial charge in [0.25, 0.3) is 0 Å². The van der Waals surface area contributed by atoms with Gasteiger partial charge >= 0.3 is 23.9 Å². The van der Waals surface area contributed by atoms with Crippen molar-refractivity contribution in [2.75, 3.05) is 13.2 Å². The standard InChI is InChI=1S/C57H100O12/c1-4-7-10-13-16-19-22-25-28-31-34-37-40-43-49(58)65-46-48(67-50(59)44-41-38-35-32-29-26-23-20-17-14-11-8-5-2)47-66-57-55(53(62)52(61)54(69-57)56(63)64)68-51(60)45-42-39-36-33-30-27-24-21-18-15-12-9-6-3/h19-24,48,52-55,57,61-62H,4-18,25-47H2,1-3H3,(H,63,64)/b22-19-,23-20-,24-21-. The number of esters is 3. The molecule has 0 aromatic rings. The number of carboxylic acids is 1. The van der Waals surface area contributed by atoms with Crippen molar-refractivity contribution in [2.45, 2.75) is 289 Å². The summed E-state index contributed by atoms with van der Waals surface area (Å²) in [5, 5.41) is 31.4. The Balaban J connectivity index is 2.73. The van der Waals surface area contributed by atoms with Crippen LogP contribution in [0.15, 0.2) is 36.5 Å². The van der Waals surface area contributed by atoms with Crippen LogP contribution in [0.5, 0.6) is 0 Å². The van der Waals surface area contributed by atoms with Crippen molar-refractivity contribution >= 4 is 23.9 Å². The number of unbranched alkanes of at least 4 members (excludes halogenated alkanes) is 27. The summed E-state index contributed by atoms with van der Waals surface area (Å²) < 4.78 is 28.3. The molecule has 6 unspecified atom stereocenters. The summed E-state index contributed by atoms with van der Waals surface area (Å²) in [4.78, 5) is 50.9. The van der Waals surface area contributed by atoms with Gasteiger partial charge in [0, 0.05) is 19.3 Å². The van der Waals surface area contributed by atoms with E-state index >= 15 is 0 Å². The molecule has 69 heavy (non-hydrogen) atoms. The first-order valence-corrected chi connectivity index (χ1v) is 28.0. The SMILES string of the molecule is CCCCCC/C=C\CCCCCCCC(=O)OCC(COC1OC(C(=O)O)C(O)C(O)C1OC(=O)CCCCCCC/C=C\CCCCCC)OC(=O)CCCCCCC/C=C\CCCCCC. The zero-order chi connectivity index (χ0) is 50.4. The van der Waals surface area contributed by atoms with E-state index in [2.05, 4.69) is 57.2 Å². The summed E-state index contributed by atoms with van der Waals surface area (Å²) in [5.41, 5.74) is 0. The van der Waals surface area contributed by atoms with Crippen LogP contribution >= 0.6 is 0 Å². The minimum Gasteiger partial charge on any atom is -0.479 e. The van der Waals surface area contributed by atoms with Gasteiger partial charge in [-0.2, -0.15) is 0 Å². The molecule has 1 fully saturated rings. The van der Waals surface area contributed by atoms with Crippen LogP contribution < -0.4 is 0 Å². The van der Waals surface area contributed by atoms with Crippen LogP contribution in [0.1, 0.15) is 252 Å². The Kier molecular flexibility index (Phi) is 42.7. The Morgan fingerprint density at radius 1 is 0.464 bits per heavy atom. The quantitative estimate of drug-likeness (QED) is 0.0228. The smallest absolute Gasteiger partial charge is 0.335 e. The van der Waals surface area contributed by atoms with Gasteiger partial charge in [0.1, 0.15) is 18.8 Å². The number of carboxylic acid groups (broad SMARTS) is 1. The number of carbonyl (C=O) groups is 4. The fourth-order valence-electron chi connectivity index (χ4n) is 8.29. The van der Waals surface area contributed by atoms with Gasteiger partial charge in [-0.3, -0.25) is 14.4 Å². The van der Waals surface area contributed by atoms with E-state index in [1.54, 1.807) is 0 Å². The number of allylic oxidation sites excluding steroid dienone is 6. The fraction of sp³-hybridized carbons (Fsp3) is 0.825. The summed E-state index contributed by atoms with van der Waals surface area (Å²) >= 11 is 0. The third-order valence-corrected chi connectivity index (χ3v) is 12.7. The van der Waals surface area contributed by atoms with E-state index in [0.29, 0.717) is 19.3 Å². The molecule has 6 atom stereocenters. The Morgan fingerprint density at radius 2 is 0.826 bits per heavy atom. The van der Waals surface area contributed by atoms with Crippen LogP contribution in [0.3, 0.4) is 0 Å². The third kappa shape index (κ3) is 36.5. The van der Waals surface area contributed by atoms with Crippen molar-refractivity contribution in [1.29, 1.82) is 0 Å². The maximum atomic E-state index is 13.1. The molecule has 1 saturated heterocycles. The number of rotatable bonds is 47. The van der Waals surface area contributed by atoms with E-state index in [-0.39, 0.29) is 25.9 Å². The topological polar surface area (TPSA) is 175 Å². The predicted molar refractivity (Wildman–Crippen MR) is 276 cm³/mol. The van der Waals surface area contributed by atoms with E-state index in [4.69, 9.17) is 23.7 Å². The van der Waals surface area contributed by atoms with Crippen LogP contribution in [-0.4, -0.2) is 89.2 Å². The highest BCUT2D eigenvalue weighted by Crippen LogP contribution is 2.26. The molecule has 0 spiro atoms. The second-order valence-electron chi connectivity index (χ2n) is 19.2. The normalized spacial score (nSPS) is 18.9. The number of ether oxygens (including phenoxy) is 5. The largest absolute Gasteiger partial charge is 0.479 e. The highest BCUT2D eigenvalue weighted by molar-refractivity contribution is 5.74. The number of hydrogen-bond donors (Lipinski definition) is 3. The number of hydrogen-bond acceptors (Lipinski definition) is 11. The molecule has 0 radical (unpaired) electrons. The summed E-state index contributed by atoms with van der Waals surface area (Å²) in [6.07, 6.45) is 39.8. The van der Waals surface area contributed by atoms with Crippen molar-refractivity contribution in [3.05, 3.63) is 36.5 Å². The Bertz CT molecular complexity index is 1350. The van der Waals surface area contributed by atoms with Gasteiger partial charge in [-0.15, -0.1) is 0 Å². The molecule has 1 heterocycles.